The Labute approximate surface area is 135 Å². The molecule has 1 aliphatic rings. The van der Waals surface area contributed by atoms with E-state index in [0.717, 1.165) is 34.7 Å². The first-order chi connectivity index (χ1) is 10.0. The molecule has 1 N–H and O–H groups in total. The number of rotatable bonds is 5. The Kier molecular flexibility index (Phi) is 5.57. The normalized spacial score (nSPS) is 18.0. The maximum Gasteiger partial charge on any atom is 0.163 e. The highest BCUT2D eigenvalue weighted by Gasteiger charge is 2.39. The van der Waals surface area contributed by atoms with Gasteiger partial charge in [0.05, 0.1) is 10.2 Å². The van der Waals surface area contributed by atoms with Gasteiger partial charge in [-0.05, 0) is 28.8 Å². The van der Waals surface area contributed by atoms with Crippen molar-refractivity contribution in [3.8, 4) is 0 Å². The molecule has 5 nitrogen and oxygen atoms in total. The summed E-state index contributed by atoms with van der Waals surface area (Å²) in [5.74, 6) is 1.89. The van der Waals surface area contributed by atoms with Crippen molar-refractivity contribution < 1.29 is 9.47 Å². The Hall–Kier alpha value is -0.720. The van der Waals surface area contributed by atoms with Crippen LogP contribution in [0.5, 0.6) is 0 Å². The van der Waals surface area contributed by atoms with Crippen LogP contribution in [0.25, 0.3) is 0 Å². The molecule has 0 spiro atoms. The van der Waals surface area contributed by atoms with Crippen molar-refractivity contribution in [2.75, 3.05) is 32.2 Å². The van der Waals surface area contributed by atoms with E-state index in [9.17, 15) is 0 Å². The van der Waals surface area contributed by atoms with E-state index in [2.05, 4.69) is 35.1 Å². The van der Waals surface area contributed by atoms with Gasteiger partial charge in [0.25, 0.3) is 0 Å². The monoisotopic (exact) mass is 357 g/mol. The first-order valence-corrected chi connectivity index (χ1v) is 8.30. The summed E-state index contributed by atoms with van der Waals surface area (Å²) in [6, 6.07) is 0. The Balaban J connectivity index is 2.51. The van der Waals surface area contributed by atoms with Crippen LogP contribution in [0.3, 0.4) is 0 Å². The number of ether oxygens (including phenoxy) is 2. The van der Waals surface area contributed by atoms with Crippen LogP contribution < -0.4 is 5.32 Å². The van der Waals surface area contributed by atoms with Gasteiger partial charge in [-0.15, -0.1) is 0 Å². The van der Waals surface area contributed by atoms with Crippen LogP contribution in [0, 0.1) is 0 Å². The molecule has 0 aromatic carbocycles. The quantitative estimate of drug-likeness (QED) is 0.874. The van der Waals surface area contributed by atoms with Crippen molar-refractivity contribution >= 4 is 21.7 Å². The van der Waals surface area contributed by atoms with Crippen LogP contribution in [0.4, 0.5) is 5.82 Å². The van der Waals surface area contributed by atoms with Crippen molar-refractivity contribution in [1.82, 2.24) is 9.97 Å². The number of nitrogens with zero attached hydrogens (tertiary/aromatic N) is 2. The third-order valence-corrected chi connectivity index (χ3v) is 4.57. The van der Waals surface area contributed by atoms with Gasteiger partial charge in [-0.3, -0.25) is 0 Å². The lowest BCUT2D eigenvalue weighted by Gasteiger charge is -2.36. The van der Waals surface area contributed by atoms with Crippen molar-refractivity contribution in [3.63, 3.8) is 0 Å². The van der Waals surface area contributed by atoms with Gasteiger partial charge in [0.15, 0.2) is 5.82 Å². The summed E-state index contributed by atoms with van der Waals surface area (Å²) < 4.78 is 12.5. The second kappa shape index (κ2) is 7.03. The third-order valence-electron chi connectivity index (χ3n) is 3.79. The molecule has 6 heteroatoms. The van der Waals surface area contributed by atoms with Crippen molar-refractivity contribution in [2.24, 2.45) is 0 Å². The average Bonchev–Trinajstić information content (AvgIpc) is 2.48. The van der Waals surface area contributed by atoms with Crippen molar-refractivity contribution in [2.45, 2.75) is 45.1 Å². The Morgan fingerprint density at radius 3 is 2.52 bits per heavy atom. The highest BCUT2D eigenvalue weighted by molar-refractivity contribution is 9.10. The SMILES string of the molecule is CCOC1(c2nc(NC)c(Br)c(C(C)C)n2)CCOCC1. The second-order valence-electron chi connectivity index (χ2n) is 5.54. The number of anilines is 1. The molecule has 0 bridgehead atoms. The van der Waals surface area contributed by atoms with Crippen molar-refractivity contribution in [3.05, 3.63) is 16.0 Å². The molecule has 1 aromatic heterocycles. The van der Waals surface area contributed by atoms with Crippen LogP contribution in [0.15, 0.2) is 4.47 Å². The summed E-state index contributed by atoms with van der Waals surface area (Å²) in [5, 5.41) is 3.14. The van der Waals surface area contributed by atoms with Gasteiger partial charge in [-0.2, -0.15) is 0 Å². The van der Waals surface area contributed by atoms with E-state index in [1.165, 1.54) is 0 Å². The van der Waals surface area contributed by atoms with Crippen LogP contribution in [0.2, 0.25) is 0 Å². The summed E-state index contributed by atoms with van der Waals surface area (Å²) in [7, 11) is 1.87. The van der Waals surface area contributed by atoms with E-state index < -0.39 is 5.60 Å². The van der Waals surface area contributed by atoms with E-state index in [0.29, 0.717) is 25.7 Å². The minimum Gasteiger partial charge on any atom is -0.381 e. The fraction of sp³-hybridized carbons (Fsp3) is 0.733. The lowest BCUT2D eigenvalue weighted by atomic mass is 9.92. The van der Waals surface area contributed by atoms with Crippen LogP contribution in [-0.4, -0.2) is 36.8 Å². The molecular weight excluding hydrogens is 334 g/mol. The summed E-state index contributed by atoms with van der Waals surface area (Å²) in [6.07, 6.45) is 1.59. The molecule has 0 atom stereocenters. The molecule has 0 radical (unpaired) electrons. The number of halogens is 1. The predicted octanol–water partition coefficient (Wildman–Crippen LogP) is 3.45. The van der Waals surface area contributed by atoms with Gasteiger partial charge in [0, 0.05) is 39.7 Å². The maximum absolute atomic E-state index is 6.08. The molecule has 118 valence electrons. The van der Waals surface area contributed by atoms with E-state index in [4.69, 9.17) is 19.4 Å². The molecule has 2 rings (SSSR count). The number of aromatic nitrogens is 2. The fourth-order valence-corrected chi connectivity index (χ4v) is 3.46. The molecule has 21 heavy (non-hydrogen) atoms. The zero-order valence-electron chi connectivity index (χ0n) is 13.2. The van der Waals surface area contributed by atoms with Crippen molar-refractivity contribution in [1.29, 1.82) is 0 Å². The average molecular weight is 358 g/mol. The molecule has 1 saturated heterocycles. The predicted molar refractivity (Wildman–Crippen MR) is 86.7 cm³/mol. The lowest BCUT2D eigenvalue weighted by Crippen LogP contribution is -2.38. The largest absolute Gasteiger partial charge is 0.381 e. The number of hydrogen-bond acceptors (Lipinski definition) is 5. The van der Waals surface area contributed by atoms with E-state index in [1.807, 2.05) is 14.0 Å². The highest BCUT2D eigenvalue weighted by Crippen LogP contribution is 2.37. The minimum atomic E-state index is -0.428. The molecule has 0 amide bonds. The standard InChI is InChI=1S/C15H24BrN3O2/c1-5-21-15(6-8-20-9-7-15)14-18-12(10(2)3)11(16)13(17-4)19-14/h10H,5-9H2,1-4H3,(H,17,18,19). The third kappa shape index (κ3) is 3.38. The summed E-state index contributed by atoms with van der Waals surface area (Å²) in [5.41, 5.74) is 0.582. The molecule has 1 aromatic rings. The van der Waals surface area contributed by atoms with Gasteiger partial charge in [0.1, 0.15) is 11.4 Å². The topological polar surface area (TPSA) is 56.3 Å². The molecule has 0 saturated carbocycles. The van der Waals surface area contributed by atoms with E-state index in [1.54, 1.807) is 0 Å². The van der Waals surface area contributed by atoms with Gasteiger partial charge in [-0.25, -0.2) is 9.97 Å². The number of nitrogens with one attached hydrogen (secondary N) is 1. The van der Waals surface area contributed by atoms with Gasteiger partial charge in [0.2, 0.25) is 0 Å². The molecule has 0 aliphatic carbocycles. The Morgan fingerprint density at radius 1 is 1.33 bits per heavy atom. The van der Waals surface area contributed by atoms with Gasteiger partial charge < -0.3 is 14.8 Å². The van der Waals surface area contributed by atoms with E-state index >= 15 is 0 Å². The zero-order chi connectivity index (χ0) is 15.5. The zero-order valence-corrected chi connectivity index (χ0v) is 14.8. The Morgan fingerprint density at radius 2 is 2.00 bits per heavy atom. The van der Waals surface area contributed by atoms with Gasteiger partial charge in [-0.1, -0.05) is 13.8 Å². The highest BCUT2D eigenvalue weighted by atomic mass is 79.9. The van der Waals surface area contributed by atoms with E-state index in [-0.39, 0.29) is 0 Å². The maximum atomic E-state index is 6.08. The lowest BCUT2D eigenvalue weighted by molar-refractivity contribution is -0.117. The summed E-state index contributed by atoms with van der Waals surface area (Å²) in [6.45, 7) is 8.29. The fourth-order valence-electron chi connectivity index (χ4n) is 2.63. The second-order valence-corrected chi connectivity index (χ2v) is 6.33. The summed E-state index contributed by atoms with van der Waals surface area (Å²) in [4.78, 5) is 9.51. The number of hydrogen-bond donors (Lipinski definition) is 1. The molecular formula is C15H24BrN3O2. The first kappa shape index (κ1) is 16.6. The molecule has 2 heterocycles. The smallest absolute Gasteiger partial charge is 0.163 e. The van der Waals surface area contributed by atoms with Crippen LogP contribution in [-0.2, 0) is 15.1 Å². The molecule has 1 aliphatic heterocycles. The first-order valence-electron chi connectivity index (χ1n) is 7.51. The molecule has 1 fully saturated rings. The minimum absolute atomic E-state index is 0.312. The molecule has 0 unspecified atom stereocenters. The van der Waals surface area contributed by atoms with Crippen LogP contribution in [0.1, 0.15) is 51.0 Å². The van der Waals surface area contributed by atoms with Crippen LogP contribution >= 0.6 is 15.9 Å². The summed E-state index contributed by atoms with van der Waals surface area (Å²) >= 11 is 3.60. The van der Waals surface area contributed by atoms with Gasteiger partial charge >= 0.3 is 0 Å². The Bertz CT molecular complexity index is 483.